The molecular weight excluding hydrogens is 297 g/mol. The maximum Gasteiger partial charge on any atom is 0.247 e. The topological polar surface area (TPSA) is 0 Å². The molecular formula is C20H26B2Cl. The SMILES string of the molecule is Cc1cc(C)c(C)c([B]B(Cl)c2c(C)c(C)cc(C)c2C)c1C. The number of halogens is 1. The third-order valence-electron chi connectivity index (χ3n) is 5.44. The van der Waals surface area contributed by atoms with E-state index in [2.05, 4.69) is 74.7 Å². The van der Waals surface area contributed by atoms with Crippen molar-refractivity contribution in [1.29, 1.82) is 0 Å². The van der Waals surface area contributed by atoms with Crippen LogP contribution in [0.3, 0.4) is 0 Å². The lowest BCUT2D eigenvalue weighted by atomic mass is 9.30. The van der Waals surface area contributed by atoms with Gasteiger partial charge >= 0.3 is 0 Å². The first-order valence-electron chi connectivity index (χ1n) is 8.28. The van der Waals surface area contributed by atoms with Gasteiger partial charge in [-0.3, -0.25) is 0 Å². The van der Waals surface area contributed by atoms with Crippen molar-refractivity contribution in [3.8, 4) is 0 Å². The van der Waals surface area contributed by atoms with Crippen LogP contribution in [0.1, 0.15) is 44.5 Å². The molecule has 0 spiro atoms. The molecule has 23 heavy (non-hydrogen) atoms. The number of rotatable bonds is 3. The minimum absolute atomic E-state index is 0.104. The van der Waals surface area contributed by atoms with E-state index >= 15 is 0 Å². The standard InChI is InChI=1S/C20H26B2Cl/c1-11-9-12(2)16(6)19(15(11)5)21-22(23)20-17(7)13(3)10-14(4)18(20)8/h9-10H,1-8H3. The van der Waals surface area contributed by atoms with E-state index in [0.717, 1.165) is 0 Å². The van der Waals surface area contributed by atoms with Gasteiger partial charge in [-0.25, -0.2) is 0 Å². The van der Waals surface area contributed by atoms with Crippen LogP contribution in [0.2, 0.25) is 0 Å². The van der Waals surface area contributed by atoms with E-state index < -0.39 is 0 Å². The Hall–Kier alpha value is -1.14. The zero-order valence-electron chi connectivity index (χ0n) is 15.7. The second-order valence-corrected chi connectivity index (χ2v) is 7.39. The summed E-state index contributed by atoms with van der Waals surface area (Å²) in [4.78, 5) is 0. The molecule has 0 aliphatic rings. The largest absolute Gasteiger partial charge is 0.247 e. The molecule has 0 N–H and O–H groups in total. The summed E-state index contributed by atoms with van der Waals surface area (Å²) in [5, 5.41) is 0. The van der Waals surface area contributed by atoms with E-state index in [1.807, 2.05) is 0 Å². The van der Waals surface area contributed by atoms with Gasteiger partial charge in [0, 0.05) is 0 Å². The fourth-order valence-electron chi connectivity index (χ4n) is 3.39. The number of hydrogen-bond acceptors (Lipinski definition) is 0. The molecule has 1 radical (unpaired) electrons. The van der Waals surface area contributed by atoms with Gasteiger partial charge in [-0.2, -0.15) is 11.5 Å². The highest BCUT2D eigenvalue weighted by atomic mass is 35.5. The van der Waals surface area contributed by atoms with Crippen LogP contribution in [0.25, 0.3) is 0 Å². The van der Waals surface area contributed by atoms with E-state index in [1.165, 1.54) is 55.4 Å². The normalized spacial score (nSPS) is 10.8. The first kappa shape index (κ1) is 18.2. The van der Waals surface area contributed by atoms with Crippen LogP contribution in [-0.4, -0.2) is 13.2 Å². The highest BCUT2D eigenvalue weighted by Gasteiger charge is 2.24. The first-order chi connectivity index (χ1) is 10.6. The van der Waals surface area contributed by atoms with Crippen LogP contribution in [0, 0.1) is 55.4 Å². The molecule has 0 saturated heterocycles. The Bertz CT molecular complexity index is 711. The molecule has 0 aliphatic carbocycles. The van der Waals surface area contributed by atoms with E-state index in [9.17, 15) is 0 Å². The van der Waals surface area contributed by atoms with Crippen molar-refractivity contribution in [2.45, 2.75) is 55.4 Å². The summed E-state index contributed by atoms with van der Waals surface area (Å²) >= 11 is 6.89. The second kappa shape index (κ2) is 6.77. The van der Waals surface area contributed by atoms with Crippen molar-refractivity contribution in [3.63, 3.8) is 0 Å². The quantitative estimate of drug-likeness (QED) is 0.746. The number of hydrogen-bond donors (Lipinski definition) is 0. The molecule has 2 rings (SSSR count). The maximum atomic E-state index is 6.89. The Labute approximate surface area is 147 Å². The molecule has 0 aromatic heterocycles. The lowest BCUT2D eigenvalue weighted by Crippen LogP contribution is -2.43. The molecule has 0 bridgehead atoms. The van der Waals surface area contributed by atoms with Gasteiger partial charge in [0.25, 0.3) is 0 Å². The fraction of sp³-hybridized carbons (Fsp3) is 0.400. The summed E-state index contributed by atoms with van der Waals surface area (Å²) in [6, 6.07) is 4.41. The van der Waals surface area contributed by atoms with Crippen molar-refractivity contribution in [2.24, 2.45) is 0 Å². The maximum absolute atomic E-state index is 6.89. The van der Waals surface area contributed by atoms with Gasteiger partial charge in [0.05, 0.1) is 0 Å². The Morgan fingerprint density at radius 2 is 1.00 bits per heavy atom. The van der Waals surface area contributed by atoms with Crippen LogP contribution in [0.15, 0.2) is 12.1 Å². The lowest BCUT2D eigenvalue weighted by molar-refractivity contribution is 1.27. The van der Waals surface area contributed by atoms with Crippen LogP contribution in [0.5, 0.6) is 0 Å². The molecule has 0 heterocycles. The van der Waals surface area contributed by atoms with Gasteiger partial charge < -0.3 is 0 Å². The predicted molar refractivity (Wildman–Crippen MR) is 107 cm³/mol. The lowest BCUT2D eigenvalue weighted by Gasteiger charge is -2.20. The number of benzene rings is 2. The molecule has 0 amide bonds. The van der Waals surface area contributed by atoms with Crippen LogP contribution < -0.4 is 10.9 Å². The predicted octanol–water partition coefficient (Wildman–Crippen LogP) is 4.12. The van der Waals surface area contributed by atoms with Gasteiger partial charge in [0.15, 0.2) is 0 Å². The van der Waals surface area contributed by atoms with Gasteiger partial charge in [0.2, 0.25) is 6.02 Å². The molecule has 0 aliphatic heterocycles. The van der Waals surface area contributed by atoms with Crippen molar-refractivity contribution >= 4 is 35.6 Å². The van der Waals surface area contributed by atoms with Crippen LogP contribution in [-0.2, 0) is 0 Å². The highest BCUT2D eigenvalue weighted by Crippen LogP contribution is 2.16. The van der Waals surface area contributed by atoms with Gasteiger partial charge in [-0.15, -0.1) is 0 Å². The molecule has 3 heteroatoms. The summed E-state index contributed by atoms with van der Waals surface area (Å²) < 4.78 is 0. The van der Waals surface area contributed by atoms with E-state index in [4.69, 9.17) is 11.5 Å². The second-order valence-electron chi connectivity index (χ2n) is 6.92. The summed E-state index contributed by atoms with van der Waals surface area (Å²) in [6.07, 6.45) is 0. The van der Waals surface area contributed by atoms with E-state index in [0.29, 0.717) is 0 Å². The molecule has 119 valence electrons. The Kier molecular flexibility index (Phi) is 5.36. The molecule has 0 fully saturated rings. The zero-order chi connectivity index (χ0) is 17.5. The van der Waals surface area contributed by atoms with E-state index in [1.54, 1.807) is 0 Å². The number of aryl methyl sites for hydroxylation is 4. The minimum atomic E-state index is -0.104. The van der Waals surface area contributed by atoms with Gasteiger partial charge in [-0.05, 0) is 77.6 Å². The van der Waals surface area contributed by atoms with Crippen molar-refractivity contribution in [1.82, 2.24) is 0 Å². The molecule has 2 aromatic rings. The van der Waals surface area contributed by atoms with E-state index in [-0.39, 0.29) is 6.02 Å². The molecule has 0 atom stereocenters. The van der Waals surface area contributed by atoms with Crippen LogP contribution in [0.4, 0.5) is 0 Å². The first-order valence-corrected chi connectivity index (χ1v) is 8.72. The molecule has 0 unspecified atom stereocenters. The van der Waals surface area contributed by atoms with Gasteiger partial charge in [-0.1, -0.05) is 45.3 Å². The minimum Gasteiger partial charge on any atom is -0.200 e. The molecule has 0 saturated carbocycles. The smallest absolute Gasteiger partial charge is 0.200 e. The zero-order valence-corrected chi connectivity index (χ0v) is 16.4. The molecule has 0 nitrogen and oxygen atoms in total. The average Bonchev–Trinajstić information content (AvgIpc) is 2.48. The Morgan fingerprint density at radius 3 is 1.39 bits per heavy atom. The summed E-state index contributed by atoms with van der Waals surface area (Å²) in [7, 11) is 2.24. The Balaban J connectivity index is 2.52. The van der Waals surface area contributed by atoms with Crippen molar-refractivity contribution in [2.75, 3.05) is 0 Å². The van der Waals surface area contributed by atoms with Crippen molar-refractivity contribution in [3.05, 3.63) is 56.6 Å². The van der Waals surface area contributed by atoms with Crippen LogP contribution >= 0.6 is 11.5 Å². The fourth-order valence-corrected chi connectivity index (χ4v) is 3.84. The average molecular weight is 324 g/mol. The third kappa shape index (κ3) is 3.38. The highest BCUT2D eigenvalue weighted by molar-refractivity contribution is 7.45. The summed E-state index contributed by atoms with van der Waals surface area (Å²) in [5.74, 6) is 0. The third-order valence-corrected chi connectivity index (χ3v) is 5.78. The summed E-state index contributed by atoms with van der Waals surface area (Å²) in [6.45, 7) is 17.4. The van der Waals surface area contributed by atoms with Gasteiger partial charge in [0.1, 0.15) is 7.17 Å². The van der Waals surface area contributed by atoms with Crippen molar-refractivity contribution < 1.29 is 0 Å². The summed E-state index contributed by atoms with van der Waals surface area (Å²) in [5.41, 5.74) is 13.1. The molecule has 2 aromatic carbocycles. The monoisotopic (exact) mass is 323 g/mol. The Morgan fingerprint density at radius 1 is 0.652 bits per heavy atom.